The minimum atomic E-state index is -0.590. The van der Waals surface area contributed by atoms with Gasteiger partial charge in [-0.2, -0.15) is 5.26 Å². The molecular weight excluding hydrogens is 310 g/mol. The number of carbonyl (C=O) groups excluding carboxylic acids is 1. The molecular formula is C16H13N5O3. The van der Waals surface area contributed by atoms with Gasteiger partial charge in [0.2, 0.25) is 0 Å². The normalized spacial score (nSPS) is 10.5. The van der Waals surface area contributed by atoms with Crippen LogP contribution in [0.5, 0.6) is 0 Å². The number of nitrogens with zero attached hydrogens (tertiary/aromatic N) is 3. The van der Waals surface area contributed by atoms with Crippen molar-refractivity contribution in [2.45, 2.75) is 6.54 Å². The zero-order valence-electron chi connectivity index (χ0n) is 12.5. The molecule has 0 bridgehead atoms. The molecule has 0 spiro atoms. The molecule has 2 rings (SSSR count). The number of benzene rings is 1. The second-order valence-electron chi connectivity index (χ2n) is 4.63. The number of rotatable bonds is 6. The quantitative estimate of drug-likeness (QED) is 0.363. The lowest BCUT2D eigenvalue weighted by Gasteiger charge is -2.05. The van der Waals surface area contributed by atoms with E-state index in [1.807, 2.05) is 0 Å². The number of hydrogen-bond acceptors (Lipinski definition) is 6. The first-order valence-corrected chi connectivity index (χ1v) is 6.89. The van der Waals surface area contributed by atoms with E-state index >= 15 is 0 Å². The second-order valence-corrected chi connectivity index (χ2v) is 4.63. The number of para-hydroxylation sites is 2. The van der Waals surface area contributed by atoms with E-state index in [0.717, 1.165) is 11.8 Å². The summed E-state index contributed by atoms with van der Waals surface area (Å²) in [4.78, 5) is 26.3. The van der Waals surface area contributed by atoms with Gasteiger partial charge in [-0.15, -0.1) is 0 Å². The lowest BCUT2D eigenvalue weighted by Crippen LogP contribution is -2.24. The Balaban J connectivity index is 2.05. The Labute approximate surface area is 137 Å². The molecule has 2 aromatic rings. The van der Waals surface area contributed by atoms with Crippen LogP contribution in [-0.2, 0) is 11.3 Å². The van der Waals surface area contributed by atoms with Gasteiger partial charge < -0.3 is 10.6 Å². The molecule has 0 saturated carbocycles. The Morgan fingerprint density at radius 3 is 2.79 bits per heavy atom. The number of pyridine rings is 1. The molecule has 1 aromatic carbocycles. The summed E-state index contributed by atoms with van der Waals surface area (Å²) < 4.78 is 0. The topological polar surface area (TPSA) is 121 Å². The first kappa shape index (κ1) is 16.6. The van der Waals surface area contributed by atoms with Crippen LogP contribution in [0.15, 0.2) is 60.6 Å². The Kier molecular flexibility index (Phi) is 5.58. The predicted molar refractivity (Wildman–Crippen MR) is 86.5 cm³/mol. The molecule has 0 unspecified atom stereocenters. The molecule has 0 aliphatic carbocycles. The van der Waals surface area contributed by atoms with Gasteiger partial charge in [0.05, 0.1) is 4.92 Å². The first-order chi connectivity index (χ1) is 11.6. The fraction of sp³-hybridized carbons (Fsp3) is 0.0625. The van der Waals surface area contributed by atoms with E-state index in [1.54, 1.807) is 36.7 Å². The van der Waals surface area contributed by atoms with Crippen LogP contribution in [0.4, 0.5) is 11.4 Å². The van der Waals surface area contributed by atoms with E-state index in [-0.39, 0.29) is 23.5 Å². The maximum atomic E-state index is 12.0. The number of nitro benzene ring substituents is 1. The van der Waals surface area contributed by atoms with Gasteiger partial charge in [0.1, 0.15) is 17.3 Å². The molecule has 0 saturated heterocycles. The molecule has 1 heterocycles. The summed E-state index contributed by atoms with van der Waals surface area (Å²) in [5.74, 6) is -0.590. The SMILES string of the molecule is N#C/C(=C/Nc1ccccc1[N+](=O)[O-])C(=O)NCc1cccnc1. The highest BCUT2D eigenvalue weighted by atomic mass is 16.6. The lowest BCUT2D eigenvalue weighted by molar-refractivity contribution is -0.383. The van der Waals surface area contributed by atoms with Crippen LogP contribution in [0.3, 0.4) is 0 Å². The van der Waals surface area contributed by atoms with Crippen LogP contribution in [0.25, 0.3) is 0 Å². The number of nitrogens with one attached hydrogen (secondary N) is 2. The Bertz CT molecular complexity index is 812. The highest BCUT2D eigenvalue weighted by molar-refractivity contribution is 5.97. The summed E-state index contributed by atoms with van der Waals surface area (Å²) in [7, 11) is 0. The van der Waals surface area contributed by atoms with Gasteiger partial charge >= 0.3 is 0 Å². The predicted octanol–water partition coefficient (Wildman–Crippen LogP) is 2.13. The molecule has 120 valence electrons. The van der Waals surface area contributed by atoms with Gasteiger partial charge in [-0.3, -0.25) is 19.9 Å². The van der Waals surface area contributed by atoms with E-state index in [2.05, 4.69) is 15.6 Å². The van der Waals surface area contributed by atoms with Gasteiger partial charge in [-0.05, 0) is 17.7 Å². The van der Waals surface area contributed by atoms with Crippen LogP contribution >= 0.6 is 0 Å². The summed E-state index contributed by atoms with van der Waals surface area (Å²) in [6, 6.07) is 11.2. The van der Waals surface area contributed by atoms with E-state index in [1.165, 1.54) is 18.2 Å². The van der Waals surface area contributed by atoms with Crippen molar-refractivity contribution in [2.24, 2.45) is 0 Å². The van der Waals surface area contributed by atoms with E-state index < -0.39 is 10.8 Å². The summed E-state index contributed by atoms with van der Waals surface area (Å²) >= 11 is 0. The number of anilines is 1. The van der Waals surface area contributed by atoms with Gasteiger partial charge in [-0.1, -0.05) is 18.2 Å². The molecule has 1 amide bonds. The number of carbonyl (C=O) groups is 1. The Morgan fingerprint density at radius 2 is 2.12 bits per heavy atom. The second kappa shape index (κ2) is 8.05. The number of amides is 1. The van der Waals surface area contributed by atoms with Crippen molar-refractivity contribution in [3.63, 3.8) is 0 Å². The third kappa shape index (κ3) is 4.38. The van der Waals surface area contributed by atoms with Crippen LogP contribution in [0.1, 0.15) is 5.56 Å². The maximum absolute atomic E-state index is 12.0. The van der Waals surface area contributed by atoms with Crippen LogP contribution in [-0.4, -0.2) is 15.8 Å². The van der Waals surface area contributed by atoms with E-state index in [4.69, 9.17) is 5.26 Å². The summed E-state index contributed by atoms with van der Waals surface area (Å²) in [6.07, 6.45) is 4.35. The monoisotopic (exact) mass is 323 g/mol. The molecule has 0 aliphatic heterocycles. The molecule has 24 heavy (non-hydrogen) atoms. The van der Waals surface area contributed by atoms with Crippen LogP contribution < -0.4 is 10.6 Å². The summed E-state index contributed by atoms with van der Waals surface area (Å²) in [5.41, 5.74) is 0.629. The summed E-state index contributed by atoms with van der Waals surface area (Å²) in [6.45, 7) is 0.219. The van der Waals surface area contributed by atoms with E-state index in [0.29, 0.717) is 0 Å². The zero-order chi connectivity index (χ0) is 17.4. The lowest BCUT2D eigenvalue weighted by atomic mass is 10.2. The average Bonchev–Trinajstić information content (AvgIpc) is 2.61. The number of aromatic nitrogens is 1. The molecule has 0 aliphatic rings. The van der Waals surface area contributed by atoms with Crippen LogP contribution in [0.2, 0.25) is 0 Å². The Hall–Kier alpha value is -3.73. The van der Waals surface area contributed by atoms with Gasteiger partial charge in [0.25, 0.3) is 11.6 Å². The molecule has 1 aromatic heterocycles. The minimum Gasteiger partial charge on any atom is -0.355 e. The van der Waals surface area contributed by atoms with Crippen molar-refractivity contribution < 1.29 is 9.72 Å². The minimum absolute atomic E-state index is 0.151. The first-order valence-electron chi connectivity index (χ1n) is 6.89. The molecule has 0 fully saturated rings. The number of nitro groups is 1. The fourth-order valence-corrected chi connectivity index (χ4v) is 1.83. The fourth-order valence-electron chi connectivity index (χ4n) is 1.83. The average molecular weight is 323 g/mol. The third-order valence-corrected chi connectivity index (χ3v) is 3.01. The van der Waals surface area contributed by atoms with Crippen molar-refractivity contribution >= 4 is 17.3 Å². The van der Waals surface area contributed by atoms with Crippen molar-refractivity contribution in [1.82, 2.24) is 10.3 Å². The molecule has 0 atom stereocenters. The van der Waals surface area contributed by atoms with E-state index in [9.17, 15) is 14.9 Å². The summed E-state index contributed by atoms with van der Waals surface area (Å²) in [5, 5.41) is 25.2. The smallest absolute Gasteiger partial charge is 0.292 e. The highest BCUT2D eigenvalue weighted by Gasteiger charge is 2.13. The number of nitriles is 1. The largest absolute Gasteiger partial charge is 0.355 e. The Morgan fingerprint density at radius 1 is 1.33 bits per heavy atom. The standard InChI is InChI=1S/C16H13N5O3/c17-8-13(16(22)20-10-12-4-3-7-18-9-12)11-19-14-5-1-2-6-15(14)21(23)24/h1-7,9,11,19H,10H2,(H,20,22)/b13-11-. The number of hydrogen-bond donors (Lipinski definition) is 2. The molecule has 8 heteroatoms. The van der Waals surface area contributed by atoms with Crippen molar-refractivity contribution in [1.29, 1.82) is 5.26 Å². The van der Waals surface area contributed by atoms with Crippen molar-refractivity contribution in [2.75, 3.05) is 5.32 Å². The zero-order valence-corrected chi connectivity index (χ0v) is 12.5. The van der Waals surface area contributed by atoms with Gasteiger partial charge in [0.15, 0.2) is 0 Å². The highest BCUT2D eigenvalue weighted by Crippen LogP contribution is 2.23. The van der Waals surface area contributed by atoms with Crippen molar-refractivity contribution in [3.05, 3.63) is 76.2 Å². The molecule has 2 N–H and O–H groups in total. The third-order valence-electron chi connectivity index (χ3n) is 3.01. The molecule has 8 nitrogen and oxygen atoms in total. The maximum Gasteiger partial charge on any atom is 0.292 e. The van der Waals surface area contributed by atoms with Crippen molar-refractivity contribution in [3.8, 4) is 6.07 Å². The van der Waals surface area contributed by atoms with Gasteiger partial charge in [-0.25, -0.2) is 0 Å². The van der Waals surface area contributed by atoms with Crippen LogP contribution in [0, 0.1) is 21.4 Å². The molecule has 0 radical (unpaired) electrons. The van der Waals surface area contributed by atoms with Gasteiger partial charge in [0, 0.05) is 31.2 Å².